The van der Waals surface area contributed by atoms with E-state index in [-0.39, 0.29) is 24.4 Å². The molecule has 0 radical (unpaired) electrons. The summed E-state index contributed by atoms with van der Waals surface area (Å²) in [7, 11) is 1.55. The molecule has 30 heavy (non-hydrogen) atoms. The van der Waals surface area contributed by atoms with Crippen LogP contribution < -0.4 is 15.6 Å². The molecule has 2 aromatic carbocycles. The zero-order chi connectivity index (χ0) is 21.1. The Hall–Kier alpha value is -3.45. The lowest BCUT2D eigenvalue weighted by Crippen LogP contribution is -2.23. The average Bonchev–Trinajstić information content (AvgIpc) is 3.19. The van der Waals surface area contributed by atoms with Gasteiger partial charge in [0.15, 0.2) is 0 Å². The highest BCUT2D eigenvalue weighted by Gasteiger charge is 2.14. The van der Waals surface area contributed by atoms with Gasteiger partial charge in [-0.2, -0.15) is 0 Å². The third-order valence-corrected chi connectivity index (χ3v) is 5.77. The quantitative estimate of drug-likeness (QED) is 0.500. The molecule has 0 aliphatic rings. The topological polar surface area (TPSA) is 73.2 Å². The highest BCUT2D eigenvalue weighted by molar-refractivity contribution is 7.17. The van der Waals surface area contributed by atoms with Crippen LogP contribution in [-0.2, 0) is 11.3 Å². The van der Waals surface area contributed by atoms with Gasteiger partial charge in [0, 0.05) is 23.9 Å². The number of fused-ring (bicyclic) bond motifs is 1. The Labute approximate surface area is 177 Å². The third-order valence-electron chi connectivity index (χ3n) is 4.88. The van der Waals surface area contributed by atoms with Crippen LogP contribution in [0, 0.1) is 6.92 Å². The van der Waals surface area contributed by atoms with Gasteiger partial charge < -0.3 is 10.1 Å². The minimum absolute atomic E-state index is 0.137. The molecule has 0 aliphatic heterocycles. The second-order valence-corrected chi connectivity index (χ2v) is 7.80. The molecule has 0 fully saturated rings. The van der Waals surface area contributed by atoms with Crippen molar-refractivity contribution >= 4 is 33.1 Å². The number of carbonyl (C=O) groups is 1. The number of methoxy groups -OCH3 is 1. The summed E-state index contributed by atoms with van der Waals surface area (Å²) in [6, 6.07) is 15.3. The van der Waals surface area contributed by atoms with Crippen molar-refractivity contribution in [1.29, 1.82) is 0 Å². The van der Waals surface area contributed by atoms with Gasteiger partial charge in [-0.15, -0.1) is 11.3 Å². The van der Waals surface area contributed by atoms with Crippen molar-refractivity contribution in [3.63, 3.8) is 0 Å². The predicted octanol–water partition coefficient (Wildman–Crippen LogP) is 4.47. The van der Waals surface area contributed by atoms with E-state index in [1.165, 1.54) is 22.2 Å². The van der Waals surface area contributed by atoms with Crippen molar-refractivity contribution in [1.82, 2.24) is 9.55 Å². The van der Waals surface area contributed by atoms with Crippen LogP contribution in [0.2, 0.25) is 0 Å². The van der Waals surface area contributed by atoms with Crippen LogP contribution in [0.5, 0.6) is 5.75 Å². The second kappa shape index (κ2) is 8.51. The minimum atomic E-state index is -0.199. The smallest absolute Gasteiger partial charge is 0.262 e. The Morgan fingerprint density at radius 1 is 1.17 bits per heavy atom. The summed E-state index contributed by atoms with van der Waals surface area (Å²) < 4.78 is 6.75. The molecule has 0 aliphatic carbocycles. The first-order valence-corrected chi connectivity index (χ1v) is 10.4. The molecular weight excluding hydrogens is 398 g/mol. The van der Waals surface area contributed by atoms with Crippen LogP contribution in [0.25, 0.3) is 21.3 Å². The molecule has 4 aromatic rings. The number of hydrogen-bond donors (Lipinski definition) is 1. The van der Waals surface area contributed by atoms with Gasteiger partial charge in [0.05, 0.1) is 24.5 Å². The van der Waals surface area contributed by atoms with Crippen molar-refractivity contribution < 1.29 is 9.53 Å². The second-order valence-electron chi connectivity index (χ2n) is 6.94. The molecular formula is C23H21N3O3S. The number of aryl methyl sites for hydroxylation is 2. The number of amides is 1. The van der Waals surface area contributed by atoms with Gasteiger partial charge in [0.25, 0.3) is 5.56 Å². The zero-order valence-electron chi connectivity index (χ0n) is 16.7. The molecule has 2 heterocycles. The summed E-state index contributed by atoms with van der Waals surface area (Å²) in [4.78, 5) is 30.6. The third kappa shape index (κ3) is 3.97. The van der Waals surface area contributed by atoms with E-state index in [1.54, 1.807) is 19.2 Å². The minimum Gasteiger partial charge on any atom is -0.495 e. The van der Waals surface area contributed by atoms with E-state index in [4.69, 9.17) is 4.74 Å². The molecule has 0 unspecified atom stereocenters. The fourth-order valence-electron chi connectivity index (χ4n) is 3.26. The van der Waals surface area contributed by atoms with Crippen LogP contribution in [0.15, 0.2) is 65.0 Å². The van der Waals surface area contributed by atoms with E-state index in [2.05, 4.69) is 10.3 Å². The molecule has 6 nitrogen and oxygen atoms in total. The Morgan fingerprint density at radius 2 is 1.93 bits per heavy atom. The Kier molecular flexibility index (Phi) is 5.63. The van der Waals surface area contributed by atoms with Crippen LogP contribution in [0.4, 0.5) is 5.69 Å². The summed E-state index contributed by atoms with van der Waals surface area (Å²) in [5, 5.41) is 5.38. The van der Waals surface area contributed by atoms with Crippen LogP contribution in [0.3, 0.4) is 0 Å². The lowest BCUT2D eigenvalue weighted by atomic mass is 10.1. The van der Waals surface area contributed by atoms with Gasteiger partial charge in [-0.1, -0.05) is 42.0 Å². The molecule has 0 saturated carbocycles. The van der Waals surface area contributed by atoms with Gasteiger partial charge in [0.2, 0.25) is 5.91 Å². The van der Waals surface area contributed by atoms with Gasteiger partial charge in [-0.05, 0) is 24.6 Å². The van der Waals surface area contributed by atoms with Crippen molar-refractivity contribution in [2.24, 2.45) is 0 Å². The van der Waals surface area contributed by atoms with Gasteiger partial charge >= 0.3 is 0 Å². The van der Waals surface area contributed by atoms with E-state index in [0.717, 1.165) is 16.7 Å². The fourth-order valence-corrected chi connectivity index (χ4v) is 4.16. The Morgan fingerprint density at radius 3 is 2.70 bits per heavy atom. The number of ether oxygens (including phenoxy) is 1. The summed E-state index contributed by atoms with van der Waals surface area (Å²) >= 11 is 1.45. The number of nitrogens with zero attached hydrogens (tertiary/aromatic N) is 2. The van der Waals surface area contributed by atoms with Gasteiger partial charge in [-0.3, -0.25) is 14.2 Å². The average molecular weight is 420 g/mol. The first kappa shape index (κ1) is 19.8. The molecule has 0 spiro atoms. The normalized spacial score (nSPS) is 10.9. The van der Waals surface area contributed by atoms with Crippen LogP contribution in [0.1, 0.15) is 12.0 Å². The molecule has 4 rings (SSSR count). The van der Waals surface area contributed by atoms with Gasteiger partial charge in [-0.25, -0.2) is 4.98 Å². The summed E-state index contributed by atoms with van der Waals surface area (Å²) in [5.74, 6) is 0.391. The van der Waals surface area contributed by atoms with E-state index in [0.29, 0.717) is 21.7 Å². The number of para-hydroxylation sites is 2. The van der Waals surface area contributed by atoms with Gasteiger partial charge in [0.1, 0.15) is 10.6 Å². The maximum Gasteiger partial charge on any atom is 0.262 e. The highest BCUT2D eigenvalue weighted by Crippen LogP contribution is 2.30. The lowest BCUT2D eigenvalue weighted by Gasteiger charge is -2.10. The molecule has 0 atom stereocenters. The number of thiophene rings is 1. The zero-order valence-corrected chi connectivity index (χ0v) is 17.5. The Balaban J connectivity index is 1.55. The van der Waals surface area contributed by atoms with Crippen molar-refractivity contribution in [3.8, 4) is 16.9 Å². The lowest BCUT2D eigenvalue weighted by molar-refractivity contribution is -0.116. The van der Waals surface area contributed by atoms with Crippen LogP contribution in [-0.4, -0.2) is 22.6 Å². The molecule has 152 valence electrons. The molecule has 0 saturated heterocycles. The maximum absolute atomic E-state index is 13.1. The number of carbonyl (C=O) groups excluding carboxylic acids is 1. The van der Waals surface area contributed by atoms with Crippen molar-refractivity contribution in [2.75, 3.05) is 12.4 Å². The molecule has 0 bridgehead atoms. The van der Waals surface area contributed by atoms with E-state index >= 15 is 0 Å². The molecule has 1 N–H and O–H groups in total. The summed E-state index contributed by atoms with van der Waals surface area (Å²) in [6.45, 7) is 2.27. The summed E-state index contributed by atoms with van der Waals surface area (Å²) in [6.07, 6.45) is 1.66. The number of rotatable bonds is 6. The van der Waals surface area contributed by atoms with E-state index < -0.39 is 0 Å². The Bertz CT molecular complexity index is 1260. The molecule has 7 heteroatoms. The number of aromatic nitrogens is 2. The number of hydrogen-bond acceptors (Lipinski definition) is 5. The summed E-state index contributed by atoms with van der Waals surface area (Å²) in [5.41, 5.74) is 3.49. The highest BCUT2D eigenvalue weighted by atomic mass is 32.1. The maximum atomic E-state index is 13.1. The monoisotopic (exact) mass is 419 g/mol. The van der Waals surface area contributed by atoms with Crippen molar-refractivity contribution in [3.05, 3.63) is 76.2 Å². The first-order valence-electron chi connectivity index (χ1n) is 9.53. The first-order chi connectivity index (χ1) is 14.6. The van der Waals surface area contributed by atoms with E-state index in [9.17, 15) is 9.59 Å². The predicted molar refractivity (Wildman–Crippen MR) is 120 cm³/mol. The molecule has 2 aromatic heterocycles. The molecule has 1 amide bonds. The largest absolute Gasteiger partial charge is 0.495 e. The number of anilines is 1. The number of benzene rings is 2. The SMILES string of the molecule is COc1ccccc1NC(=O)CCn1cnc2scc(-c3ccc(C)cc3)c2c1=O. The van der Waals surface area contributed by atoms with Crippen molar-refractivity contribution in [2.45, 2.75) is 19.9 Å². The van der Waals surface area contributed by atoms with Crippen LogP contribution >= 0.6 is 11.3 Å². The fraction of sp³-hybridized carbons (Fsp3) is 0.174. The standard InChI is InChI=1S/C23H21N3O3S/c1-15-7-9-16(10-8-15)17-13-30-22-21(17)23(28)26(14-24-22)12-11-20(27)25-18-5-3-4-6-19(18)29-2/h3-10,13-14H,11-12H2,1-2H3,(H,25,27). The number of nitrogens with one attached hydrogen (secondary N) is 1. The van der Waals surface area contributed by atoms with E-state index in [1.807, 2.05) is 48.7 Å².